The van der Waals surface area contributed by atoms with Gasteiger partial charge in [-0.1, -0.05) is 32.1 Å². The van der Waals surface area contributed by atoms with E-state index >= 15 is 0 Å². The maximum absolute atomic E-state index is 12.7. The van der Waals surface area contributed by atoms with Gasteiger partial charge in [0.15, 0.2) is 5.13 Å². The maximum atomic E-state index is 12.7. The SMILES string of the molecule is COC(=O)c1sc(NC(=O)C2C3CCC(C3)C2N)nc1C(C)(C)C.Cl. The number of fused-ring (bicyclic) bond motifs is 2. The van der Waals surface area contributed by atoms with Crippen molar-refractivity contribution in [2.45, 2.75) is 51.5 Å². The number of carbonyl (C=O) groups is 2. The van der Waals surface area contributed by atoms with Gasteiger partial charge in [0, 0.05) is 11.5 Å². The Balaban J connectivity index is 0.00000225. The van der Waals surface area contributed by atoms with E-state index in [4.69, 9.17) is 10.5 Å². The molecule has 3 rings (SSSR count). The predicted molar refractivity (Wildman–Crippen MR) is 100 cm³/mol. The van der Waals surface area contributed by atoms with E-state index in [1.165, 1.54) is 18.4 Å². The van der Waals surface area contributed by atoms with Crippen molar-refractivity contribution in [1.82, 2.24) is 4.98 Å². The van der Waals surface area contributed by atoms with Crippen LogP contribution in [0, 0.1) is 17.8 Å². The number of ether oxygens (including phenoxy) is 1. The van der Waals surface area contributed by atoms with Gasteiger partial charge >= 0.3 is 5.97 Å². The van der Waals surface area contributed by atoms with Crippen LogP contribution < -0.4 is 11.1 Å². The van der Waals surface area contributed by atoms with Gasteiger partial charge in [-0.2, -0.15) is 0 Å². The molecule has 6 nitrogen and oxygen atoms in total. The smallest absolute Gasteiger partial charge is 0.350 e. The molecule has 140 valence electrons. The zero-order chi connectivity index (χ0) is 17.6. The van der Waals surface area contributed by atoms with Crippen LogP contribution >= 0.6 is 23.7 Å². The van der Waals surface area contributed by atoms with Crippen LogP contribution in [0.25, 0.3) is 0 Å². The molecule has 2 aliphatic carbocycles. The molecule has 1 aromatic rings. The number of hydrogen-bond acceptors (Lipinski definition) is 6. The molecule has 2 bridgehead atoms. The monoisotopic (exact) mass is 387 g/mol. The van der Waals surface area contributed by atoms with E-state index in [0.717, 1.165) is 19.3 Å². The first-order chi connectivity index (χ1) is 11.2. The molecule has 3 N–H and O–H groups in total. The van der Waals surface area contributed by atoms with Crippen molar-refractivity contribution in [3.8, 4) is 0 Å². The van der Waals surface area contributed by atoms with Gasteiger partial charge in [-0.05, 0) is 31.1 Å². The molecule has 2 saturated carbocycles. The number of nitrogens with one attached hydrogen (secondary N) is 1. The summed E-state index contributed by atoms with van der Waals surface area (Å²) in [5, 5.41) is 3.34. The van der Waals surface area contributed by atoms with Crippen LogP contribution in [0.5, 0.6) is 0 Å². The van der Waals surface area contributed by atoms with Crippen molar-refractivity contribution < 1.29 is 14.3 Å². The van der Waals surface area contributed by atoms with Gasteiger partial charge in [0.1, 0.15) is 4.88 Å². The van der Waals surface area contributed by atoms with Crippen LogP contribution in [0.3, 0.4) is 0 Å². The number of anilines is 1. The normalized spacial score (nSPS) is 27.7. The highest BCUT2D eigenvalue weighted by Gasteiger charge is 2.49. The molecule has 4 atom stereocenters. The topological polar surface area (TPSA) is 94.3 Å². The Bertz CT molecular complexity index is 669. The number of rotatable bonds is 3. The average Bonchev–Trinajstić information content (AvgIpc) is 3.19. The van der Waals surface area contributed by atoms with Gasteiger partial charge in [0.2, 0.25) is 5.91 Å². The molecule has 0 spiro atoms. The number of nitrogens with two attached hydrogens (primary N) is 1. The van der Waals surface area contributed by atoms with Crippen molar-refractivity contribution >= 4 is 40.8 Å². The minimum atomic E-state index is -0.422. The Morgan fingerprint density at radius 1 is 1.28 bits per heavy atom. The van der Waals surface area contributed by atoms with Gasteiger partial charge < -0.3 is 15.8 Å². The van der Waals surface area contributed by atoms with Gasteiger partial charge in [-0.15, -0.1) is 12.4 Å². The van der Waals surface area contributed by atoms with E-state index in [0.29, 0.717) is 27.5 Å². The van der Waals surface area contributed by atoms with Gasteiger partial charge in [-0.25, -0.2) is 9.78 Å². The van der Waals surface area contributed by atoms with Crippen LogP contribution in [0.4, 0.5) is 5.13 Å². The first-order valence-corrected chi connectivity index (χ1v) is 9.20. The largest absolute Gasteiger partial charge is 0.465 e. The molecule has 1 aromatic heterocycles. The van der Waals surface area contributed by atoms with Crippen molar-refractivity contribution in [2.75, 3.05) is 12.4 Å². The summed E-state index contributed by atoms with van der Waals surface area (Å²) < 4.78 is 4.85. The Kier molecular flexibility index (Phi) is 5.81. The molecule has 25 heavy (non-hydrogen) atoms. The number of esters is 1. The Labute approximate surface area is 158 Å². The lowest BCUT2D eigenvalue weighted by atomic mass is 9.84. The summed E-state index contributed by atoms with van der Waals surface area (Å²) in [5.74, 6) is 0.215. The standard InChI is InChI=1S/C17H25N3O3S.ClH/c1-17(2,3)13-12(15(22)23-4)24-16(19-13)20-14(21)10-8-5-6-9(7-8)11(10)18;/h8-11H,5-7,18H2,1-4H3,(H,19,20,21);1H. The Morgan fingerprint density at radius 3 is 2.44 bits per heavy atom. The van der Waals surface area contributed by atoms with Crippen molar-refractivity contribution in [3.05, 3.63) is 10.6 Å². The van der Waals surface area contributed by atoms with E-state index < -0.39 is 5.97 Å². The van der Waals surface area contributed by atoms with Crippen LogP contribution in [0.15, 0.2) is 0 Å². The summed E-state index contributed by atoms with van der Waals surface area (Å²) in [6.45, 7) is 5.93. The first-order valence-electron chi connectivity index (χ1n) is 8.38. The number of aromatic nitrogens is 1. The average molecular weight is 388 g/mol. The number of methoxy groups -OCH3 is 1. The molecule has 2 fully saturated rings. The molecule has 0 saturated heterocycles. The molecular weight excluding hydrogens is 362 g/mol. The number of carbonyl (C=O) groups excluding carboxylic acids is 2. The van der Waals surface area contributed by atoms with Crippen molar-refractivity contribution in [1.29, 1.82) is 0 Å². The second-order valence-electron chi connectivity index (χ2n) is 7.86. The van der Waals surface area contributed by atoms with Gasteiger partial charge in [0.25, 0.3) is 0 Å². The van der Waals surface area contributed by atoms with Crippen LogP contribution in [-0.4, -0.2) is 30.0 Å². The Morgan fingerprint density at radius 2 is 1.92 bits per heavy atom. The minimum absolute atomic E-state index is 0. The molecule has 0 aliphatic heterocycles. The lowest BCUT2D eigenvalue weighted by Crippen LogP contribution is -2.42. The number of nitrogens with zero attached hydrogens (tertiary/aromatic N) is 1. The summed E-state index contributed by atoms with van der Waals surface area (Å²) in [6, 6.07) is -0.0640. The zero-order valence-corrected chi connectivity index (χ0v) is 16.6. The van der Waals surface area contributed by atoms with E-state index in [2.05, 4.69) is 10.3 Å². The van der Waals surface area contributed by atoms with E-state index in [-0.39, 0.29) is 35.7 Å². The number of amides is 1. The minimum Gasteiger partial charge on any atom is -0.465 e. The zero-order valence-electron chi connectivity index (χ0n) is 15.0. The molecule has 4 unspecified atom stereocenters. The third-order valence-corrected chi connectivity index (χ3v) is 6.17. The predicted octanol–water partition coefficient (Wildman–Crippen LogP) is 2.96. The third-order valence-electron chi connectivity index (χ3n) is 5.22. The van der Waals surface area contributed by atoms with E-state index in [1.54, 1.807) is 0 Å². The fourth-order valence-corrected chi connectivity index (χ4v) is 5.12. The summed E-state index contributed by atoms with van der Waals surface area (Å²) >= 11 is 1.17. The first kappa shape index (κ1) is 20.1. The van der Waals surface area contributed by atoms with Crippen LogP contribution in [-0.2, 0) is 14.9 Å². The molecule has 1 amide bonds. The van der Waals surface area contributed by atoms with Crippen molar-refractivity contribution in [3.63, 3.8) is 0 Å². The fourth-order valence-electron chi connectivity index (χ4n) is 4.03. The van der Waals surface area contributed by atoms with E-state index in [1.807, 2.05) is 20.8 Å². The Hall–Kier alpha value is -1.18. The molecule has 2 aliphatic rings. The van der Waals surface area contributed by atoms with Gasteiger partial charge in [0.05, 0.1) is 18.7 Å². The quantitative estimate of drug-likeness (QED) is 0.777. The van der Waals surface area contributed by atoms with E-state index in [9.17, 15) is 9.59 Å². The lowest BCUT2D eigenvalue weighted by molar-refractivity contribution is -0.121. The third kappa shape index (κ3) is 3.68. The molecular formula is C17H26ClN3O3S. The molecule has 0 aromatic carbocycles. The maximum Gasteiger partial charge on any atom is 0.350 e. The molecule has 8 heteroatoms. The van der Waals surface area contributed by atoms with Gasteiger partial charge in [-0.3, -0.25) is 4.79 Å². The number of thiazole rings is 1. The summed E-state index contributed by atoms with van der Waals surface area (Å²) in [6.07, 6.45) is 3.26. The van der Waals surface area contributed by atoms with Crippen LogP contribution in [0.2, 0.25) is 0 Å². The number of halogens is 1. The molecule has 0 radical (unpaired) electrons. The summed E-state index contributed by atoms with van der Waals surface area (Å²) in [4.78, 5) is 29.6. The highest BCUT2D eigenvalue weighted by atomic mass is 35.5. The summed E-state index contributed by atoms with van der Waals surface area (Å²) in [5.41, 5.74) is 6.57. The lowest BCUT2D eigenvalue weighted by Gasteiger charge is -2.26. The summed E-state index contributed by atoms with van der Waals surface area (Å²) in [7, 11) is 1.35. The van der Waals surface area contributed by atoms with Crippen molar-refractivity contribution in [2.24, 2.45) is 23.5 Å². The highest BCUT2D eigenvalue weighted by molar-refractivity contribution is 7.17. The van der Waals surface area contributed by atoms with Crippen LogP contribution in [0.1, 0.15) is 55.4 Å². The second kappa shape index (κ2) is 7.21. The fraction of sp³-hybridized carbons (Fsp3) is 0.706. The highest BCUT2D eigenvalue weighted by Crippen LogP contribution is 2.48. The molecule has 1 heterocycles. The number of hydrogen-bond donors (Lipinski definition) is 2. The second-order valence-corrected chi connectivity index (χ2v) is 8.86.